The smallest absolute Gasteiger partial charge is 0.331 e. The van der Waals surface area contributed by atoms with Crippen LogP contribution >= 0.6 is 0 Å². The van der Waals surface area contributed by atoms with Gasteiger partial charge in [-0.15, -0.1) is 5.10 Å². The topological polar surface area (TPSA) is 73.8 Å². The summed E-state index contributed by atoms with van der Waals surface area (Å²) in [5, 5.41) is 8.73. The summed E-state index contributed by atoms with van der Waals surface area (Å²) in [6.45, 7) is 0. The third-order valence-electron chi connectivity index (χ3n) is 4.43. The fraction of sp³-hybridized carbons (Fsp3) is 0. The number of benzene rings is 3. The van der Waals surface area contributed by atoms with Crippen LogP contribution in [0.2, 0.25) is 0 Å². The van der Waals surface area contributed by atoms with Gasteiger partial charge in [0, 0.05) is 11.1 Å². The third kappa shape index (κ3) is 2.68. The summed E-state index contributed by atoms with van der Waals surface area (Å²) in [7, 11) is 0. The predicted molar refractivity (Wildman–Crippen MR) is 106 cm³/mol. The maximum atomic E-state index is 13.3. The second kappa shape index (κ2) is 6.59. The highest BCUT2D eigenvalue weighted by molar-refractivity contribution is 5.80. The molecule has 3 aromatic carbocycles. The van der Waals surface area contributed by atoms with E-state index in [1.165, 1.54) is 4.57 Å². The van der Waals surface area contributed by atoms with Gasteiger partial charge in [-0.3, -0.25) is 4.79 Å². The summed E-state index contributed by atoms with van der Waals surface area (Å²) >= 11 is 0. The molecule has 0 amide bonds. The molecule has 0 aliphatic heterocycles. The van der Waals surface area contributed by atoms with Crippen molar-refractivity contribution in [3.63, 3.8) is 0 Å². The number of hydrogen-bond donors (Lipinski definition) is 0. The van der Waals surface area contributed by atoms with Crippen molar-refractivity contribution in [3.8, 4) is 28.9 Å². The van der Waals surface area contributed by atoms with Gasteiger partial charge in [-0.2, -0.15) is 0 Å². The maximum absolute atomic E-state index is 13.3. The Kier molecular flexibility index (Phi) is 3.80. The maximum Gasteiger partial charge on any atom is 0.331 e. The van der Waals surface area contributed by atoms with Gasteiger partial charge in [-0.25, -0.2) is 9.55 Å². The van der Waals surface area contributed by atoms with Gasteiger partial charge in [0.1, 0.15) is 0 Å². The van der Waals surface area contributed by atoms with Gasteiger partial charge in [0.25, 0.3) is 5.56 Å². The van der Waals surface area contributed by atoms with Crippen molar-refractivity contribution in [1.82, 2.24) is 19.7 Å². The molecule has 5 aromatic rings. The number of aromatic nitrogens is 4. The summed E-state index contributed by atoms with van der Waals surface area (Å²) in [6, 6.07) is 26.2. The van der Waals surface area contributed by atoms with Crippen molar-refractivity contribution in [3.05, 3.63) is 95.3 Å². The SMILES string of the molecule is O=c1c2ccccc2nc(-c2ccccc2)n1-c1nnc(-c2ccccc2)o1. The third-order valence-corrected chi connectivity index (χ3v) is 4.43. The molecule has 0 atom stereocenters. The molecule has 0 bridgehead atoms. The molecular formula is C22H14N4O2. The molecule has 6 nitrogen and oxygen atoms in total. The van der Waals surface area contributed by atoms with Gasteiger partial charge in [0.15, 0.2) is 5.82 Å². The van der Waals surface area contributed by atoms with E-state index in [0.717, 1.165) is 11.1 Å². The van der Waals surface area contributed by atoms with E-state index < -0.39 is 0 Å². The molecule has 0 aliphatic rings. The van der Waals surface area contributed by atoms with Crippen LogP contribution in [-0.2, 0) is 0 Å². The highest BCUT2D eigenvalue weighted by Crippen LogP contribution is 2.24. The van der Waals surface area contributed by atoms with Gasteiger partial charge >= 0.3 is 6.01 Å². The first-order chi connectivity index (χ1) is 13.8. The number of hydrogen-bond acceptors (Lipinski definition) is 5. The number of fused-ring (bicyclic) bond motifs is 1. The van der Waals surface area contributed by atoms with Gasteiger partial charge in [-0.05, 0) is 24.3 Å². The van der Waals surface area contributed by atoms with E-state index in [1.54, 1.807) is 12.1 Å². The fourth-order valence-electron chi connectivity index (χ4n) is 3.09. The molecule has 28 heavy (non-hydrogen) atoms. The van der Waals surface area contributed by atoms with Crippen molar-refractivity contribution in [2.24, 2.45) is 0 Å². The predicted octanol–water partition coefficient (Wildman–Crippen LogP) is 4.10. The van der Waals surface area contributed by atoms with Crippen LogP contribution in [-0.4, -0.2) is 19.7 Å². The summed E-state index contributed by atoms with van der Waals surface area (Å²) in [5.74, 6) is 0.794. The van der Waals surface area contributed by atoms with Crippen molar-refractivity contribution >= 4 is 10.9 Å². The Balaban J connectivity index is 1.78. The molecule has 6 heteroatoms. The highest BCUT2D eigenvalue weighted by atomic mass is 16.4. The average molecular weight is 366 g/mol. The second-order valence-electron chi connectivity index (χ2n) is 6.21. The monoisotopic (exact) mass is 366 g/mol. The minimum absolute atomic E-state index is 0.0842. The molecule has 134 valence electrons. The highest BCUT2D eigenvalue weighted by Gasteiger charge is 2.19. The largest absolute Gasteiger partial charge is 0.403 e. The Morgan fingerprint density at radius 1 is 0.714 bits per heavy atom. The van der Waals surface area contributed by atoms with Gasteiger partial charge in [-0.1, -0.05) is 65.8 Å². The molecular weight excluding hydrogens is 352 g/mol. The average Bonchev–Trinajstić information content (AvgIpc) is 3.25. The lowest BCUT2D eigenvalue weighted by atomic mass is 10.2. The molecule has 0 saturated heterocycles. The first-order valence-corrected chi connectivity index (χ1v) is 8.78. The molecule has 2 aromatic heterocycles. The standard InChI is InChI=1S/C22H14N4O2/c27-21-17-13-7-8-14-18(17)23-19(15-9-3-1-4-10-15)26(21)22-25-24-20(28-22)16-11-5-2-6-12-16/h1-14H. The van der Waals surface area contributed by atoms with Crippen LogP contribution in [0.4, 0.5) is 0 Å². The zero-order valence-electron chi connectivity index (χ0n) is 14.7. The first-order valence-electron chi connectivity index (χ1n) is 8.78. The Labute approximate surface area is 159 Å². The zero-order chi connectivity index (χ0) is 18.9. The molecule has 0 spiro atoms. The van der Waals surface area contributed by atoms with Crippen molar-refractivity contribution in [2.45, 2.75) is 0 Å². The molecule has 0 unspecified atom stereocenters. The van der Waals surface area contributed by atoms with E-state index in [-0.39, 0.29) is 11.6 Å². The molecule has 0 saturated carbocycles. The van der Waals surface area contributed by atoms with E-state index >= 15 is 0 Å². The lowest BCUT2D eigenvalue weighted by molar-refractivity contribution is 0.533. The first kappa shape index (κ1) is 16.1. The van der Waals surface area contributed by atoms with E-state index in [1.807, 2.05) is 72.8 Å². The summed E-state index contributed by atoms with van der Waals surface area (Å²) in [5.41, 5.74) is 1.92. The lowest BCUT2D eigenvalue weighted by Gasteiger charge is -2.10. The van der Waals surface area contributed by atoms with E-state index in [2.05, 4.69) is 10.2 Å². The Morgan fingerprint density at radius 3 is 2.11 bits per heavy atom. The molecule has 0 radical (unpaired) electrons. The fourth-order valence-corrected chi connectivity index (χ4v) is 3.09. The van der Waals surface area contributed by atoms with Crippen LogP contribution < -0.4 is 5.56 Å². The quantitative estimate of drug-likeness (QED) is 0.480. The molecule has 0 N–H and O–H groups in total. The van der Waals surface area contributed by atoms with Gasteiger partial charge < -0.3 is 4.42 Å². The van der Waals surface area contributed by atoms with E-state index in [0.29, 0.717) is 22.6 Å². The van der Waals surface area contributed by atoms with Gasteiger partial charge in [0.2, 0.25) is 5.89 Å². The number of nitrogens with zero attached hydrogens (tertiary/aromatic N) is 4. The Bertz CT molecular complexity index is 1330. The Hall–Kier alpha value is -4.06. The summed E-state index contributed by atoms with van der Waals surface area (Å²) in [4.78, 5) is 18.0. The zero-order valence-corrected chi connectivity index (χ0v) is 14.7. The van der Waals surface area contributed by atoms with E-state index in [9.17, 15) is 4.79 Å². The lowest BCUT2D eigenvalue weighted by Crippen LogP contribution is -2.22. The minimum Gasteiger partial charge on any atom is -0.403 e. The van der Waals surface area contributed by atoms with Crippen molar-refractivity contribution in [2.75, 3.05) is 0 Å². The second-order valence-corrected chi connectivity index (χ2v) is 6.21. The molecule has 5 rings (SSSR count). The normalized spacial score (nSPS) is 11.0. The van der Waals surface area contributed by atoms with Crippen LogP contribution in [0.3, 0.4) is 0 Å². The minimum atomic E-state index is -0.257. The van der Waals surface area contributed by atoms with Crippen molar-refractivity contribution < 1.29 is 4.42 Å². The summed E-state index contributed by atoms with van der Waals surface area (Å²) in [6.07, 6.45) is 0. The van der Waals surface area contributed by atoms with E-state index in [4.69, 9.17) is 9.40 Å². The van der Waals surface area contributed by atoms with Crippen molar-refractivity contribution in [1.29, 1.82) is 0 Å². The number of para-hydroxylation sites is 1. The number of rotatable bonds is 3. The van der Waals surface area contributed by atoms with Crippen LogP contribution in [0, 0.1) is 0 Å². The van der Waals surface area contributed by atoms with Gasteiger partial charge in [0.05, 0.1) is 10.9 Å². The van der Waals surface area contributed by atoms with Crippen LogP contribution in [0.1, 0.15) is 0 Å². The van der Waals surface area contributed by atoms with Crippen LogP contribution in [0.15, 0.2) is 94.1 Å². The Morgan fingerprint density at radius 2 is 1.36 bits per heavy atom. The molecule has 2 heterocycles. The van der Waals surface area contributed by atoms with Crippen LogP contribution in [0.5, 0.6) is 0 Å². The molecule has 0 fully saturated rings. The van der Waals surface area contributed by atoms with Crippen LogP contribution in [0.25, 0.3) is 39.8 Å². The summed E-state index contributed by atoms with van der Waals surface area (Å²) < 4.78 is 7.22. The molecule has 0 aliphatic carbocycles.